The van der Waals surface area contributed by atoms with Crippen molar-refractivity contribution < 1.29 is 9.90 Å². The Kier molecular flexibility index (Phi) is 4.33. The molecule has 0 aromatic heterocycles. The zero-order chi connectivity index (χ0) is 13.1. The van der Waals surface area contributed by atoms with E-state index in [-0.39, 0.29) is 11.2 Å². The van der Waals surface area contributed by atoms with E-state index in [1.54, 1.807) is 0 Å². The molecule has 0 fully saturated rings. The van der Waals surface area contributed by atoms with Crippen molar-refractivity contribution in [1.82, 2.24) is 0 Å². The number of carbonyl (C=O) groups is 1. The molecule has 0 heterocycles. The van der Waals surface area contributed by atoms with Crippen molar-refractivity contribution in [1.29, 1.82) is 0 Å². The van der Waals surface area contributed by atoms with Gasteiger partial charge >= 0.3 is 5.97 Å². The van der Waals surface area contributed by atoms with Crippen LogP contribution in [-0.2, 0) is 23.4 Å². The van der Waals surface area contributed by atoms with Crippen molar-refractivity contribution in [2.24, 2.45) is 5.92 Å². The minimum atomic E-state index is -0.698. The molecule has 0 saturated heterocycles. The second-order valence-corrected chi connectivity index (χ2v) is 6.40. The molecule has 1 aliphatic carbocycles. The molecule has 2 nitrogen and oxygen atoms in total. The number of carboxylic acid groups (broad SMARTS) is 1. The first-order chi connectivity index (χ1) is 8.58. The average Bonchev–Trinajstić information content (AvgIpc) is 2.75. The van der Waals surface area contributed by atoms with Gasteiger partial charge in [0.15, 0.2) is 0 Å². The van der Waals surface area contributed by atoms with Gasteiger partial charge in [-0.1, -0.05) is 32.0 Å². The molecule has 1 aromatic carbocycles. The summed E-state index contributed by atoms with van der Waals surface area (Å²) >= 11 is 1.54. The molecule has 0 bridgehead atoms. The van der Waals surface area contributed by atoms with Crippen LogP contribution in [0, 0.1) is 5.92 Å². The second-order valence-electron chi connectivity index (χ2n) is 5.27. The average molecular weight is 264 g/mol. The molecule has 0 saturated carbocycles. The topological polar surface area (TPSA) is 37.3 Å². The monoisotopic (exact) mass is 264 g/mol. The van der Waals surface area contributed by atoms with Crippen LogP contribution in [0.25, 0.3) is 0 Å². The standard InChI is InChI=1S/C15H20O2S/c1-10(2)14(15(16)17)18-9-11-6-7-12-4-3-5-13(12)8-11/h6-8,10,14H,3-5,9H2,1-2H3,(H,16,17). The Hall–Kier alpha value is -0.960. The molecular weight excluding hydrogens is 244 g/mol. The molecule has 1 atom stereocenters. The highest BCUT2D eigenvalue weighted by Gasteiger charge is 2.22. The predicted molar refractivity (Wildman–Crippen MR) is 76.0 cm³/mol. The van der Waals surface area contributed by atoms with E-state index >= 15 is 0 Å². The van der Waals surface area contributed by atoms with Crippen molar-refractivity contribution in [3.05, 3.63) is 34.9 Å². The van der Waals surface area contributed by atoms with Gasteiger partial charge in [0, 0.05) is 5.75 Å². The maximum Gasteiger partial charge on any atom is 0.316 e. The maximum atomic E-state index is 11.1. The molecule has 1 aromatic rings. The molecule has 0 amide bonds. The van der Waals surface area contributed by atoms with Crippen molar-refractivity contribution in [2.75, 3.05) is 0 Å². The molecular formula is C15H20O2S. The third kappa shape index (κ3) is 3.08. The van der Waals surface area contributed by atoms with Gasteiger partial charge in [-0.05, 0) is 41.9 Å². The summed E-state index contributed by atoms with van der Waals surface area (Å²) in [7, 11) is 0. The molecule has 0 spiro atoms. The Balaban J connectivity index is 1.99. The number of rotatable bonds is 5. The van der Waals surface area contributed by atoms with Crippen LogP contribution in [0.1, 0.15) is 37.0 Å². The summed E-state index contributed by atoms with van der Waals surface area (Å²) in [5, 5.41) is 8.85. The number of thioether (sulfide) groups is 1. The summed E-state index contributed by atoms with van der Waals surface area (Å²) in [5.74, 6) is 0.265. The number of aryl methyl sites for hydroxylation is 2. The summed E-state index contributed by atoms with van der Waals surface area (Å²) in [6, 6.07) is 6.62. The van der Waals surface area contributed by atoms with Gasteiger partial charge < -0.3 is 5.11 Å². The third-order valence-corrected chi connectivity index (χ3v) is 5.05. The quantitative estimate of drug-likeness (QED) is 0.884. The van der Waals surface area contributed by atoms with Gasteiger partial charge in [-0.25, -0.2) is 0 Å². The Morgan fingerprint density at radius 1 is 1.33 bits per heavy atom. The van der Waals surface area contributed by atoms with Crippen LogP contribution in [0.5, 0.6) is 0 Å². The van der Waals surface area contributed by atoms with Crippen molar-refractivity contribution in [2.45, 2.75) is 44.1 Å². The first-order valence-electron chi connectivity index (χ1n) is 6.53. The fourth-order valence-corrected chi connectivity index (χ4v) is 3.53. The molecule has 1 N–H and O–H groups in total. The summed E-state index contributed by atoms with van der Waals surface area (Å²) < 4.78 is 0. The van der Waals surface area contributed by atoms with Gasteiger partial charge in [-0.2, -0.15) is 0 Å². The molecule has 0 radical (unpaired) electrons. The molecule has 0 aliphatic heterocycles. The van der Waals surface area contributed by atoms with Crippen LogP contribution in [0.3, 0.4) is 0 Å². The summed E-state index contributed by atoms with van der Waals surface area (Å²) in [5.41, 5.74) is 4.19. The number of aliphatic carboxylic acids is 1. The lowest BCUT2D eigenvalue weighted by Crippen LogP contribution is -2.22. The Morgan fingerprint density at radius 2 is 2.06 bits per heavy atom. The van der Waals surface area contributed by atoms with Crippen molar-refractivity contribution >= 4 is 17.7 Å². The fourth-order valence-electron chi connectivity index (χ4n) is 2.45. The van der Waals surface area contributed by atoms with Gasteiger partial charge in [0.25, 0.3) is 0 Å². The highest BCUT2D eigenvalue weighted by Crippen LogP contribution is 2.27. The normalized spacial score (nSPS) is 15.7. The predicted octanol–water partition coefficient (Wildman–Crippen LogP) is 3.52. The van der Waals surface area contributed by atoms with E-state index in [0.29, 0.717) is 0 Å². The summed E-state index contributed by atoms with van der Waals surface area (Å²) in [6.45, 7) is 3.93. The van der Waals surface area contributed by atoms with Gasteiger partial charge in [0.1, 0.15) is 5.25 Å². The highest BCUT2D eigenvalue weighted by atomic mass is 32.2. The smallest absolute Gasteiger partial charge is 0.316 e. The lowest BCUT2D eigenvalue weighted by atomic mass is 10.1. The summed E-state index contributed by atoms with van der Waals surface area (Å²) in [6.07, 6.45) is 3.64. The fraction of sp³-hybridized carbons (Fsp3) is 0.533. The third-order valence-electron chi connectivity index (χ3n) is 3.44. The Bertz CT molecular complexity index is 440. The van der Waals surface area contributed by atoms with E-state index in [0.717, 1.165) is 5.75 Å². The van der Waals surface area contributed by atoms with E-state index in [2.05, 4.69) is 18.2 Å². The molecule has 1 unspecified atom stereocenters. The van der Waals surface area contributed by atoms with Crippen molar-refractivity contribution in [3.63, 3.8) is 0 Å². The zero-order valence-electron chi connectivity index (χ0n) is 11.0. The number of carboxylic acids is 1. The van der Waals surface area contributed by atoms with E-state index in [9.17, 15) is 4.79 Å². The van der Waals surface area contributed by atoms with Crippen LogP contribution in [0.2, 0.25) is 0 Å². The number of fused-ring (bicyclic) bond motifs is 1. The van der Waals surface area contributed by atoms with Crippen LogP contribution in [-0.4, -0.2) is 16.3 Å². The zero-order valence-corrected chi connectivity index (χ0v) is 11.8. The second kappa shape index (κ2) is 5.79. The Morgan fingerprint density at radius 3 is 2.72 bits per heavy atom. The highest BCUT2D eigenvalue weighted by molar-refractivity contribution is 7.99. The maximum absolute atomic E-state index is 11.1. The largest absolute Gasteiger partial charge is 0.480 e. The number of hydrogen-bond acceptors (Lipinski definition) is 2. The van der Waals surface area contributed by atoms with Crippen LogP contribution in [0.15, 0.2) is 18.2 Å². The molecule has 98 valence electrons. The van der Waals surface area contributed by atoms with E-state index in [4.69, 9.17) is 5.11 Å². The summed E-state index contributed by atoms with van der Waals surface area (Å²) in [4.78, 5) is 11.1. The minimum Gasteiger partial charge on any atom is -0.480 e. The van der Waals surface area contributed by atoms with Gasteiger partial charge in [0.05, 0.1) is 0 Å². The van der Waals surface area contributed by atoms with Crippen molar-refractivity contribution in [3.8, 4) is 0 Å². The van der Waals surface area contributed by atoms with Gasteiger partial charge in [-0.15, -0.1) is 11.8 Å². The van der Waals surface area contributed by atoms with Gasteiger partial charge in [0.2, 0.25) is 0 Å². The van der Waals surface area contributed by atoms with Crippen LogP contribution >= 0.6 is 11.8 Å². The molecule has 2 rings (SSSR count). The first kappa shape index (κ1) is 13.5. The van der Waals surface area contributed by atoms with Crippen LogP contribution < -0.4 is 0 Å². The van der Waals surface area contributed by atoms with Crippen LogP contribution in [0.4, 0.5) is 0 Å². The minimum absolute atomic E-state index is 0.168. The molecule has 18 heavy (non-hydrogen) atoms. The molecule has 3 heteroatoms. The van der Waals surface area contributed by atoms with E-state index in [1.165, 1.54) is 47.7 Å². The lowest BCUT2D eigenvalue weighted by Gasteiger charge is -2.15. The SMILES string of the molecule is CC(C)C(SCc1ccc2c(c1)CCC2)C(=O)O. The molecule has 1 aliphatic rings. The van der Waals surface area contributed by atoms with Gasteiger partial charge in [-0.3, -0.25) is 4.79 Å². The van der Waals surface area contributed by atoms with E-state index < -0.39 is 5.97 Å². The lowest BCUT2D eigenvalue weighted by molar-refractivity contribution is -0.137. The first-order valence-corrected chi connectivity index (χ1v) is 7.58. The van der Waals surface area contributed by atoms with E-state index in [1.807, 2.05) is 13.8 Å². The number of benzene rings is 1. The Labute approximate surface area is 113 Å². The number of hydrogen-bond donors (Lipinski definition) is 1.